The van der Waals surface area contributed by atoms with Crippen LogP contribution in [-0.2, 0) is 0 Å². The highest BCUT2D eigenvalue weighted by atomic mass is 35.5. The van der Waals surface area contributed by atoms with Gasteiger partial charge in [0.25, 0.3) is 5.91 Å². The number of hydrogen-bond acceptors (Lipinski definition) is 3. The summed E-state index contributed by atoms with van der Waals surface area (Å²) in [6.07, 6.45) is 0. The molecule has 21 heavy (non-hydrogen) atoms. The summed E-state index contributed by atoms with van der Waals surface area (Å²) in [4.78, 5) is 24.9. The van der Waals surface area contributed by atoms with E-state index in [9.17, 15) is 9.59 Å². The van der Waals surface area contributed by atoms with E-state index >= 15 is 0 Å². The van der Waals surface area contributed by atoms with Gasteiger partial charge in [-0.05, 0) is 32.0 Å². The molecule has 0 bridgehead atoms. The number of nitrogens with two attached hydrogens (primary N) is 1. The molecule has 0 atom stereocenters. The zero-order chi connectivity index (χ0) is 15.3. The highest BCUT2D eigenvalue weighted by Crippen LogP contribution is 2.11. The molecule has 1 aromatic carbocycles. The summed E-state index contributed by atoms with van der Waals surface area (Å²) >= 11 is 0. The zero-order valence-electron chi connectivity index (χ0n) is 12.8. The second kappa shape index (κ2) is 7.85. The second-order valence-electron chi connectivity index (χ2n) is 5.58. The van der Waals surface area contributed by atoms with E-state index in [1.807, 2.05) is 13.8 Å². The third-order valence-electron chi connectivity index (χ3n) is 2.49. The van der Waals surface area contributed by atoms with Gasteiger partial charge in [-0.3, -0.25) is 4.79 Å². The third-order valence-corrected chi connectivity index (χ3v) is 2.49. The van der Waals surface area contributed by atoms with Crippen LogP contribution in [0.1, 0.15) is 24.2 Å². The van der Waals surface area contributed by atoms with E-state index in [4.69, 9.17) is 5.73 Å². The Morgan fingerprint density at radius 1 is 1.29 bits per heavy atom. The maximum Gasteiger partial charge on any atom is 0.321 e. The highest BCUT2D eigenvalue weighted by Gasteiger charge is 2.14. The van der Waals surface area contributed by atoms with E-state index in [1.165, 1.54) is 4.90 Å². The first-order valence-electron chi connectivity index (χ1n) is 6.34. The number of amides is 3. The molecule has 118 valence electrons. The molecule has 1 rings (SSSR count). The van der Waals surface area contributed by atoms with Gasteiger partial charge in [0.2, 0.25) is 0 Å². The molecule has 0 aliphatic rings. The largest absolute Gasteiger partial charge is 0.350 e. The average Bonchev–Trinajstić information content (AvgIpc) is 2.35. The lowest BCUT2D eigenvalue weighted by atomic mass is 10.1. The van der Waals surface area contributed by atoms with Crippen molar-refractivity contribution in [2.45, 2.75) is 19.4 Å². The van der Waals surface area contributed by atoms with Gasteiger partial charge in [-0.15, -0.1) is 12.4 Å². The minimum atomic E-state index is -0.466. The van der Waals surface area contributed by atoms with Crippen LogP contribution in [0.15, 0.2) is 24.3 Å². The van der Waals surface area contributed by atoms with Gasteiger partial charge in [-0.1, -0.05) is 6.07 Å². The van der Waals surface area contributed by atoms with Crippen LogP contribution >= 0.6 is 12.4 Å². The van der Waals surface area contributed by atoms with E-state index in [1.54, 1.807) is 38.4 Å². The molecule has 0 aliphatic heterocycles. The molecule has 0 aliphatic carbocycles. The van der Waals surface area contributed by atoms with Crippen molar-refractivity contribution in [2.75, 3.05) is 26.0 Å². The van der Waals surface area contributed by atoms with Crippen molar-refractivity contribution in [2.24, 2.45) is 5.73 Å². The minimum absolute atomic E-state index is 0. The van der Waals surface area contributed by atoms with Gasteiger partial charge in [-0.2, -0.15) is 0 Å². The normalized spacial score (nSPS) is 10.3. The molecule has 3 amide bonds. The standard InChI is InChI=1S/C14H22N4O2.ClH/c1-14(2,15)9-16-12(19)10-6-5-7-11(8-10)17-13(20)18(3)4;/h5-8H,9,15H2,1-4H3,(H,16,19)(H,17,20);1H. The highest BCUT2D eigenvalue weighted by molar-refractivity contribution is 5.96. The van der Waals surface area contributed by atoms with E-state index in [0.29, 0.717) is 17.8 Å². The molecule has 0 heterocycles. The Morgan fingerprint density at radius 3 is 2.43 bits per heavy atom. The van der Waals surface area contributed by atoms with Crippen LogP contribution in [0.4, 0.5) is 10.5 Å². The Balaban J connectivity index is 0.00000400. The molecular formula is C14H23ClN4O2. The molecule has 0 unspecified atom stereocenters. The summed E-state index contributed by atoms with van der Waals surface area (Å²) in [5.41, 5.74) is 6.40. The monoisotopic (exact) mass is 314 g/mol. The SMILES string of the molecule is CN(C)C(=O)Nc1cccc(C(=O)NCC(C)(C)N)c1.Cl. The number of carbonyl (C=O) groups is 2. The van der Waals surface area contributed by atoms with Crippen LogP contribution in [0.5, 0.6) is 0 Å². The van der Waals surface area contributed by atoms with Gasteiger partial charge in [0.15, 0.2) is 0 Å². The fourth-order valence-corrected chi connectivity index (χ4v) is 1.38. The summed E-state index contributed by atoms with van der Waals surface area (Å²) in [6.45, 7) is 4.04. The van der Waals surface area contributed by atoms with Crippen LogP contribution < -0.4 is 16.4 Å². The lowest BCUT2D eigenvalue weighted by Crippen LogP contribution is -2.45. The second-order valence-corrected chi connectivity index (χ2v) is 5.58. The van der Waals surface area contributed by atoms with Crippen molar-refractivity contribution >= 4 is 30.0 Å². The van der Waals surface area contributed by atoms with Gasteiger partial charge in [0.05, 0.1) is 0 Å². The fraction of sp³-hybridized carbons (Fsp3) is 0.429. The maximum atomic E-state index is 12.0. The van der Waals surface area contributed by atoms with Crippen LogP contribution in [0.3, 0.4) is 0 Å². The van der Waals surface area contributed by atoms with Crippen molar-refractivity contribution in [3.05, 3.63) is 29.8 Å². The molecule has 0 aromatic heterocycles. The first kappa shape index (κ1) is 19.2. The first-order valence-corrected chi connectivity index (χ1v) is 6.34. The quantitative estimate of drug-likeness (QED) is 0.790. The molecule has 0 spiro atoms. The number of halogens is 1. The molecule has 0 fully saturated rings. The number of benzene rings is 1. The number of hydrogen-bond donors (Lipinski definition) is 3. The maximum absolute atomic E-state index is 12.0. The molecule has 0 saturated heterocycles. The van der Waals surface area contributed by atoms with Crippen molar-refractivity contribution in [1.82, 2.24) is 10.2 Å². The van der Waals surface area contributed by atoms with Crippen molar-refractivity contribution in [3.8, 4) is 0 Å². The van der Waals surface area contributed by atoms with Crippen LogP contribution in [0, 0.1) is 0 Å². The van der Waals surface area contributed by atoms with Crippen molar-refractivity contribution < 1.29 is 9.59 Å². The Morgan fingerprint density at radius 2 is 1.90 bits per heavy atom. The van der Waals surface area contributed by atoms with E-state index in [-0.39, 0.29) is 24.3 Å². The Bertz CT molecular complexity index is 498. The molecule has 0 radical (unpaired) electrons. The number of nitrogens with zero attached hydrogens (tertiary/aromatic N) is 1. The van der Waals surface area contributed by atoms with Crippen LogP contribution in [-0.4, -0.2) is 43.0 Å². The first-order chi connectivity index (χ1) is 9.19. The van der Waals surface area contributed by atoms with E-state index in [0.717, 1.165) is 0 Å². The Labute approximate surface area is 131 Å². The Kier molecular flexibility index (Phi) is 7.18. The average molecular weight is 315 g/mol. The lowest BCUT2D eigenvalue weighted by Gasteiger charge is -2.19. The fourth-order valence-electron chi connectivity index (χ4n) is 1.38. The Hall–Kier alpha value is -1.79. The molecule has 4 N–H and O–H groups in total. The predicted molar refractivity (Wildman–Crippen MR) is 87.0 cm³/mol. The zero-order valence-corrected chi connectivity index (χ0v) is 13.6. The number of anilines is 1. The summed E-state index contributed by atoms with van der Waals surface area (Å²) in [5.74, 6) is -0.218. The molecule has 0 saturated carbocycles. The number of carbonyl (C=O) groups excluding carboxylic acids is 2. The summed E-state index contributed by atoms with van der Waals surface area (Å²) < 4.78 is 0. The van der Waals surface area contributed by atoms with E-state index in [2.05, 4.69) is 10.6 Å². The topological polar surface area (TPSA) is 87.5 Å². The summed E-state index contributed by atoms with van der Waals surface area (Å²) in [6, 6.07) is 6.51. The molecule has 6 nitrogen and oxygen atoms in total. The number of urea groups is 1. The van der Waals surface area contributed by atoms with Crippen LogP contribution in [0.2, 0.25) is 0 Å². The lowest BCUT2D eigenvalue weighted by molar-refractivity contribution is 0.0946. The van der Waals surface area contributed by atoms with Gasteiger partial charge < -0.3 is 21.3 Å². The van der Waals surface area contributed by atoms with E-state index < -0.39 is 5.54 Å². The van der Waals surface area contributed by atoms with Gasteiger partial charge in [0, 0.05) is 37.4 Å². The predicted octanol–water partition coefficient (Wildman–Crippen LogP) is 1.67. The van der Waals surface area contributed by atoms with Crippen molar-refractivity contribution in [1.29, 1.82) is 0 Å². The minimum Gasteiger partial charge on any atom is -0.350 e. The van der Waals surface area contributed by atoms with Crippen LogP contribution in [0.25, 0.3) is 0 Å². The molecular weight excluding hydrogens is 292 g/mol. The molecule has 7 heteroatoms. The van der Waals surface area contributed by atoms with Crippen molar-refractivity contribution in [3.63, 3.8) is 0 Å². The number of nitrogens with one attached hydrogen (secondary N) is 2. The van der Waals surface area contributed by atoms with Gasteiger partial charge in [0.1, 0.15) is 0 Å². The summed E-state index contributed by atoms with van der Waals surface area (Å²) in [5, 5.41) is 5.45. The smallest absolute Gasteiger partial charge is 0.321 e. The van der Waals surface area contributed by atoms with Gasteiger partial charge in [-0.25, -0.2) is 4.79 Å². The summed E-state index contributed by atoms with van der Waals surface area (Å²) in [7, 11) is 3.30. The third kappa shape index (κ3) is 6.97. The molecule has 1 aromatic rings. The van der Waals surface area contributed by atoms with Gasteiger partial charge >= 0.3 is 6.03 Å². The number of rotatable bonds is 4.